The molecule has 2 rings (SSSR count). The van der Waals surface area contributed by atoms with E-state index in [4.69, 9.17) is 4.74 Å². The van der Waals surface area contributed by atoms with Crippen LogP contribution in [0.25, 0.3) is 0 Å². The molecule has 1 aliphatic rings. The largest absolute Gasteiger partial charge is 0.494 e. The summed E-state index contributed by atoms with van der Waals surface area (Å²) in [4.78, 5) is 0. The number of ether oxygens (including phenoxy) is 1. The normalized spacial score (nSPS) is 13.9. The Morgan fingerprint density at radius 3 is 3.13 bits per heavy atom. The second-order valence-electron chi connectivity index (χ2n) is 4.05. The SMILES string of the molecule is CCCCCOc1ccc2c(c1)CC[C]2. The highest BCUT2D eigenvalue weighted by Crippen LogP contribution is 2.27. The van der Waals surface area contributed by atoms with Gasteiger partial charge in [-0.05, 0) is 42.5 Å². The lowest BCUT2D eigenvalue weighted by atomic mass is 10.1. The van der Waals surface area contributed by atoms with Gasteiger partial charge < -0.3 is 4.74 Å². The maximum atomic E-state index is 5.71. The molecule has 0 unspecified atom stereocenters. The van der Waals surface area contributed by atoms with Crippen molar-refractivity contribution >= 4 is 0 Å². The highest BCUT2D eigenvalue weighted by Gasteiger charge is 2.11. The van der Waals surface area contributed by atoms with Crippen LogP contribution in [0, 0.1) is 6.42 Å². The lowest BCUT2D eigenvalue weighted by Gasteiger charge is -2.07. The molecular formula is C14H18O. The summed E-state index contributed by atoms with van der Waals surface area (Å²) in [7, 11) is 0. The number of fused-ring (bicyclic) bond motifs is 1. The van der Waals surface area contributed by atoms with Gasteiger partial charge in [-0.25, -0.2) is 0 Å². The van der Waals surface area contributed by atoms with Crippen molar-refractivity contribution in [2.75, 3.05) is 6.61 Å². The van der Waals surface area contributed by atoms with Crippen molar-refractivity contribution in [2.24, 2.45) is 0 Å². The van der Waals surface area contributed by atoms with Crippen LogP contribution in [0.2, 0.25) is 0 Å². The predicted octanol–water partition coefficient (Wildman–Crippen LogP) is 3.63. The van der Waals surface area contributed by atoms with Gasteiger partial charge in [0.25, 0.3) is 0 Å². The van der Waals surface area contributed by atoms with E-state index in [9.17, 15) is 0 Å². The summed E-state index contributed by atoms with van der Waals surface area (Å²) in [6.45, 7) is 3.06. The average molecular weight is 202 g/mol. The first-order valence-electron chi connectivity index (χ1n) is 5.90. The first kappa shape index (κ1) is 10.5. The lowest BCUT2D eigenvalue weighted by Crippen LogP contribution is -1.97. The predicted molar refractivity (Wildman–Crippen MR) is 62.1 cm³/mol. The molecule has 0 saturated carbocycles. The van der Waals surface area contributed by atoms with E-state index >= 15 is 0 Å². The molecule has 2 radical (unpaired) electrons. The molecule has 0 bridgehead atoms. The second kappa shape index (κ2) is 5.20. The van der Waals surface area contributed by atoms with Gasteiger partial charge in [0, 0.05) is 6.42 Å². The molecule has 0 saturated heterocycles. The van der Waals surface area contributed by atoms with Crippen LogP contribution >= 0.6 is 0 Å². The average Bonchev–Trinajstić information content (AvgIpc) is 2.71. The van der Waals surface area contributed by atoms with Gasteiger partial charge >= 0.3 is 0 Å². The Morgan fingerprint density at radius 1 is 1.33 bits per heavy atom. The van der Waals surface area contributed by atoms with Crippen molar-refractivity contribution in [1.82, 2.24) is 0 Å². The third-order valence-electron chi connectivity index (χ3n) is 2.80. The van der Waals surface area contributed by atoms with E-state index in [0.29, 0.717) is 0 Å². The van der Waals surface area contributed by atoms with E-state index in [-0.39, 0.29) is 0 Å². The summed E-state index contributed by atoms with van der Waals surface area (Å²) in [6.07, 6.45) is 9.20. The van der Waals surface area contributed by atoms with Gasteiger partial charge in [0.15, 0.2) is 0 Å². The van der Waals surface area contributed by atoms with Gasteiger partial charge in [0.05, 0.1) is 6.61 Å². The van der Waals surface area contributed by atoms with Crippen LogP contribution in [0.5, 0.6) is 5.75 Å². The monoisotopic (exact) mass is 202 g/mol. The van der Waals surface area contributed by atoms with E-state index in [1.54, 1.807) is 0 Å². The number of aryl methyl sites for hydroxylation is 1. The van der Waals surface area contributed by atoms with E-state index in [1.165, 1.54) is 24.0 Å². The number of unbranched alkanes of at least 4 members (excludes halogenated alkanes) is 2. The highest BCUT2D eigenvalue weighted by atomic mass is 16.5. The summed E-state index contributed by atoms with van der Waals surface area (Å²) in [6, 6.07) is 6.35. The van der Waals surface area contributed by atoms with Gasteiger partial charge in [-0.1, -0.05) is 25.8 Å². The molecule has 0 heterocycles. The number of hydrogen-bond donors (Lipinski definition) is 0. The second-order valence-corrected chi connectivity index (χ2v) is 4.05. The Morgan fingerprint density at radius 2 is 2.27 bits per heavy atom. The first-order chi connectivity index (χ1) is 7.40. The standard InChI is InChI=1S/C14H18O/c1-2-3-4-10-15-14-9-8-12-6-5-7-13(12)11-14/h8-9,11H,2-5,7,10H2,1H3. The molecule has 1 aromatic rings. The van der Waals surface area contributed by atoms with Gasteiger partial charge in [-0.3, -0.25) is 0 Å². The van der Waals surface area contributed by atoms with Gasteiger partial charge in [-0.2, -0.15) is 0 Å². The molecule has 0 N–H and O–H groups in total. The quantitative estimate of drug-likeness (QED) is 0.662. The highest BCUT2D eigenvalue weighted by molar-refractivity contribution is 5.42. The van der Waals surface area contributed by atoms with Crippen molar-refractivity contribution in [1.29, 1.82) is 0 Å². The Kier molecular flexibility index (Phi) is 3.65. The molecule has 0 amide bonds. The van der Waals surface area contributed by atoms with Crippen LogP contribution in [0.15, 0.2) is 18.2 Å². The molecule has 1 heteroatoms. The van der Waals surface area contributed by atoms with E-state index in [2.05, 4.69) is 31.5 Å². The summed E-state index contributed by atoms with van der Waals surface area (Å²) in [5.41, 5.74) is 2.67. The van der Waals surface area contributed by atoms with Crippen molar-refractivity contribution in [2.45, 2.75) is 39.0 Å². The maximum absolute atomic E-state index is 5.71. The zero-order valence-electron chi connectivity index (χ0n) is 9.38. The maximum Gasteiger partial charge on any atom is 0.119 e. The van der Waals surface area contributed by atoms with Crippen LogP contribution in [0.1, 0.15) is 43.7 Å². The minimum absolute atomic E-state index is 0.847. The summed E-state index contributed by atoms with van der Waals surface area (Å²) >= 11 is 0. The van der Waals surface area contributed by atoms with Crippen LogP contribution in [0.3, 0.4) is 0 Å². The Bertz CT molecular complexity index is 317. The molecule has 1 aromatic carbocycles. The van der Waals surface area contributed by atoms with Gasteiger partial charge in [0.1, 0.15) is 5.75 Å². The molecule has 0 spiro atoms. The molecule has 0 aromatic heterocycles. The fraction of sp³-hybridized carbons (Fsp3) is 0.500. The van der Waals surface area contributed by atoms with Crippen molar-refractivity contribution in [3.8, 4) is 5.75 Å². The van der Waals surface area contributed by atoms with Crippen molar-refractivity contribution in [3.05, 3.63) is 35.7 Å². The number of rotatable bonds is 5. The van der Waals surface area contributed by atoms with E-state index in [1.807, 2.05) is 0 Å². The van der Waals surface area contributed by atoms with Crippen LogP contribution in [0.4, 0.5) is 0 Å². The van der Waals surface area contributed by atoms with Crippen molar-refractivity contribution in [3.63, 3.8) is 0 Å². The number of hydrogen-bond acceptors (Lipinski definition) is 1. The minimum atomic E-state index is 0.847. The molecule has 1 aliphatic carbocycles. The topological polar surface area (TPSA) is 9.23 Å². The molecule has 1 nitrogen and oxygen atoms in total. The summed E-state index contributed by atoms with van der Waals surface area (Å²) in [5.74, 6) is 1.02. The smallest absolute Gasteiger partial charge is 0.119 e. The van der Waals surface area contributed by atoms with Crippen LogP contribution in [-0.2, 0) is 6.42 Å². The molecule has 80 valence electrons. The Labute approximate surface area is 92.5 Å². The van der Waals surface area contributed by atoms with E-state index in [0.717, 1.165) is 31.6 Å². The molecule has 0 fully saturated rings. The molecule has 0 atom stereocenters. The minimum Gasteiger partial charge on any atom is -0.494 e. The van der Waals surface area contributed by atoms with E-state index < -0.39 is 0 Å². The fourth-order valence-corrected chi connectivity index (χ4v) is 1.91. The third-order valence-corrected chi connectivity index (χ3v) is 2.80. The fourth-order valence-electron chi connectivity index (χ4n) is 1.91. The molecular weight excluding hydrogens is 184 g/mol. The molecule has 0 aliphatic heterocycles. The Balaban J connectivity index is 1.87. The van der Waals surface area contributed by atoms with Crippen LogP contribution < -0.4 is 4.74 Å². The summed E-state index contributed by atoms with van der Waals surface area (Å²) < 4.78 is 5.71. The zero-order chi connectivity index (χ0) is 10.5. The van der Waals surface area contributed by atoms with Gasteiger partial charge in [0.2, 0.25) is 0 Å². The zero-order valence-corrected chi connectivity index (χ0v) is 9.38. The number of benzene rings is 1. The van der Waals surface area contributed by atoms with Gasteiger partial charge in [-0.15, -0.1) is 0 Å². The third kappa shape index (κ3) is 2.74. The molecule has 15 heavy (non-hydrogen) atoms. The lowest BCUT2D eigenvalue weighted by molar-refractivity contribution is 0.306. The van der Waals surface area contributed by atoms with Crippen LogP contribution in [-0.4, -0.2) is 6.61 Å². The van der Waals surface area contributed by atoms with Crippen molar-refractivity contribution < 1.29 is 4.74 Å². The Hall–Kier alpha value is -0.980. The summed E-state index contributed by atoms with van der Waals surface area (Å²) in [5, 5.41) is 0. The first-order valence-corrected chi connectivity index (χ1v) is 5.90.